The maximum absolute atomic E-state index is 10.9. The largest absolute Gasteiger partial charge is 0.388 e. The number of ether oxygens (including phenoxy) is 1. The molecular formula is C12H14N4O8. The number of rotatable bonds is 4. The highest BCUT2D eigenvalue weighted by atomic mass is 16.6. The third kappa shape index (κ3) is 2.76. The lowest BCUT2D eigenvalue weighted by Crippen LogP contribution is -2.59. The number of hydrogen-bond acceptors (Lipinski definition) is 11. The highest BCUT2D eigenvalue weighted by Gasteiger charge is 2.42. The molecule has 0 spiro atoms. The zero-order chi connectivity index (χ0) is 17.4. The fraction of sp³-hybridized carbons (Fsp3) is 0.500. The molecule has 12 nitrogen and oxygen atoms in total. The van der Waals surface area contributed by atoms with Crippen molar-refractivity contribution < 1.29 is 34.7 Å². The van der Waals surface area contributed by atoms with Crippen LogP contribution in [0.4, 0.5) is 11.4 Å². The van der Waals surface area contributed by atoms with Gasteiger partial charge < -0.3 is 30.5 Å². The number of anilines is 1. The van der Waals surface area contributed by atoms with Gasteiger partial charge in [-0.15, -0.1) is 0 Å². The lowest BCUT2D eigenvalue weighted by Gasteiger charge is -2.38. The van der Waals surface area contributed by atoms with Crippen LogP contribution < -0.4 is 5.32 Å². The molecular weight excluding hydrogens is 328 g/mol. The van der Waals surface area contributed by atoms with Gasteiger partial charge in [-0.2, -0.15) is 0 Å². The Hall–Kier alpha value is -2.38. The van der Waals surface area contributed by atoms with Gasteiger partial charge >= 0.3 is 5.69 Å². The maximum atomic E-state index is 10.9. The minimum absolute atomic E-state index is 0.0504. The SMILES string of the molecule is O=[N+]([O-])c1ccc(NC[C@@H]2O[C@H](O)[C@H](O)[C@H](O)[C@@H]2O)c2nonc12. The number of hydrogen-bond donors (Lipinski definition) is 5. The first-order valence-electron chi connectivity index (χ1n) is 6.91. The molecule has 1 fully saturated rings. The van der Waals surface area contributed by atoms with Gasteiger partial charge in [0.05, 0.1) is 10.6 Å². The summed E-state index contributed by atoms with van der Waals surface area (Å²) in [7, 11) is 0. The first-order chi connectivity index (χ1) is 11.4. The van der Waals surface area contributed by atoms with Crippen LogP contribution in [0.15, 0.2) is 16.8 Å². The van der Waals surface area contributed by atoms with Crippen molar-refractivity contribution in [3.63, 3.8) is 0 Å². The monoisotopic (exact) mass is 342 g/mol. The lowest BCUT2D eigenvalue weighted by atomic mass is 9.99. The highest BCUT2D eigenvalue weighted by Crippen LogP contribution is 2.29. The second kappa shape index (κ2) is 6.26. The molecule has 0 saturated carbocycles. The van der Waals surface area contributed by atoms with Crippen molar-refractivity contribution >= 4 is 22.4 Å². The van der Waals surface area contributed by atoms with Crippen LogP contribution in [0, 0.1) is 10.1 Å². The number of nitrogens with zero attached hydrogens (tertiary/aromatic N) is 3. The molecule has 5 N–H and O–H groups in total. The normalized spacial score (nSPS) is 30.4. The predicted octanol–water partition coefficient (Wildman–Crippen LogP) is -1.66. The Kier molecular flexibility index (Phi) is 4.29. The van der Waals surface area contributed by atoms with Gasteiger partial charge in [0.15, 0.2) is 11.8 Å². The molecule has 2 heterocycles. The van der Waals surface area contributed by atoms with Gasteiger partial charge in [-0.25, -0.2) is 4.63 Å². The average molecular weight is 342 g/mol. The standard InChI is InChI=1S/C12H14N4O8/c17-9-6(23-12(20)11(19)10(9)18)3-13-4-1-2-5(16(21)22)8-7(4)14-24-15-8/h1-2,6,9-13,17-20H,3H2/t6-,9+,10+,11+,12-/m0/s1. The van der Waals surface area contributed by atoms with E-state index in [1.807, 2.05) is 0 Å². The van der Waals surface area contributed by atoms with Gasteiger partial charge in [-0.05, 0) is 16.4 Å². The molecule has 130 valence electrons. The number of aliphatic hydroxyl groups excluding tert-OH is 4. The van der Waals surface area contributed by atoms with E-state index in [2.05, 4.69) is 20.3 Å². The van der Waals surface area contributed by atoms with E-state index >= 15 is 0 Å². The Balaban J connectivity index is 1.78. The second-order valence-corrected chi connectivity index (χ2v) is 5.27. The molecule has 0 amide bonds. The van der Waals surface area contributed by atoms with Crippen molar-refractivity contribution in [3.05, 3.63) is 22.2 Å². The van der Waals surface area contributed by atoms with Crippen molar-refractivity contribution in [1.29, 1.82) is 0 Å². The number of aliphatic hydroxyl groups is 4. The summed E-state index contributed by atoms with van der Waals surface area (Å²) in [6.45, 7) is -0.0816. The number of nitro groups is 1. The summed E-state index contributed by atoms with van der Waals surface area (Å²) in [5.41, 5.74) is 0.101. The number of fused-ring (bicyclic) bond motifs is 1. The molecule has 0 bridgehead atoms. The van der Waals surface area contributed by atoms with Crippen LogP contribution in [0.5, 0.6) is 0 Å². The topological polar surface area (TPSA) is 184 Å². The molecule has 0 unspecified atom stereocenters. The van der Waals surface area contributed by atoms with E-state index in [9.17, 15) is 30.5 Å². The van der Waals surface area contributed by atoms with Crippen LogP contribution in [0.25, 0.3) is 11.0 Å². The summed E-state index contributed by atoms with van der Waals surface area (Å²) in [5.74, 6) is 0. The zero-order valence-corrected chi connectivity index (χ0v) is 12.0. The molecule has 12 heteroatoms. The third-order valence-corrected chi connectivity index (χ3v) is 3.77. The molecule has 5 atom stereocenters. The first-order valence-corrected chi connectivity index (χ1v) is 6.91. The number of nitro benzene ring substituents is 1. The van der Waals surface area contributed by atoms with Crippen molar-refractivity contribution in [1.82, 2.24) is 10.3 Å². The van der Waals surface area contributed by atoms with Crippen LogP contribution >= 0.6 is 0 Å². The highest BCUT2D eigenvalue weighted by molar-refractivity contribution is 5.93. The smallest absolute Gasteiger partial charge is 0.300 e. The Morgan fingerprint density at radius 1 is 1.12 bits per heavy atom. The van der Waals surface area contributed by atoms with E-state index in [0.29, 0.717) is 5.69 Å². The fourth-order valence-electron chi connectivity index (χ4n) is 2.45. The lowest BCUT2D eigenvalue weighted by molar-refractivity contribution is -0.383. The molecule has 0 radical (unpaired) electrons. The predicted molar refractivity (Wildman–Crippen MR) is 75.8 cm³/mol. The summed E-state index contributed by atoms with van der Waals surface area (Å²) in [5, 5.41) is 59.2. The first kappa shape index (κ1) is 16.5. The van der Waals surface area contributed by atoms with E-state index < -0.39 is 35.6 Å². The minimum atomic E-state index is -1.65. The van der Waals surface area contributed by atoms with E-state index in [1.165, 1.54) is 12.1 Å². The molecule has 3 rings (SSSR count). The summed E-state index contributed by atoms with van der Waals surface area (Å²) in [4.78, 5) is 10.3. The molecule has 24 heavy (non-hydrogen) atoms. The van der Waals surface area contributed by atoms with E-state index in [4.69, 9.17) is 4.74 Å². The van der Waals surface area contributed by atoms with Crippen LogP contribution in [0.1, 0.15) is 0 Å². The van der Waals surface area contributed by atoms with Crippen molar-refractivity contribution in [3.8, 4) is 0 Å². The van der Waals surface area contributed by atoms with E-state index in [0.717, 1.165) is 0 Å². The molecule has 1 aliphatic rings. The molecule has 1 aromatic heterocycles. The van der Waals surface area contributed by atoms with Gasteiger partial charge in [0.25, 0.3) is 0 Å². The number of benzene rings is 1. The minimum Gasteiger partial charge on any atom is -0.388 e. The summed E-state index contributed by atoms with van der Waals surface area (Å²) in [6.07, 6.45) is -7.34. The van der Waals surface area contributed by atoms with Gasteiger partial charge in [-0.3, -0.25) is 10.1 Å². The van der Waals surface area contributed by atoms with Gasteiger partial charge in [0.1, 0.15) is 24.4 Å². The van der Waals surface area contributed by atoms with Crippen LogP contribution in [-0.2, 0) is 4.74 Å². The van der Waals surface area contributed by atoms with Crippen LogP contribution in [0.2, 0.25) is 0 Å². The second-order valence-electron chi connectivity index (χ2n) is 5.27. The van der Waals surface area contributed by atoms with E-state index in [1.54, 1.807) is 0 Å². The Labute approximate surface area is 133 Å². The zero-order valence-electron chi connectivity index (χ0n) is 12.0. The average Bonchev–Trinajstić information content (AvgIpc) is 3.04. The van der Waals surface area contributed by atoms with E-state index in [-0.39, 0.29) is 23.3 Å². The quantitative estimate of drug-likeness (QED) is 0.316. The van der Waals surface area contributed by atoms with Crippen molar-refractivity contribution in [2.24, 2.45) is 0 Å². The fourth-order valence-corrected chi connectivity index (χ4v) is 2.45. The maximum Gasteiger partial charge on any atom is 0.300 e. The van der Waals surface area contributed by atoms with Crippen molar-refractivity contribution in [2.75, 3.05) is 11.9 Å². The Morgan fingerprint density at radius 3 is 2.54 bits per heavy atom. The number of nitrogens with one attached hydrogen (secondary N) is 1. The van der Waals surface area contributed by atoms with Gasteiger partial charge in [-0.1, -0.05) is 0 Å². The molecule has 1 aliphatic heterocycles. The van der Waals surface area contributed by atoms with Gasteiger partial charge in [0, 0.05) is 12.6 Å². The van der Waals surface area contributed by atoms with Crippen molar-refractivity contribution in [2.45, 2.75) is 30.7 Å². The van der Waals surface area contributed by atoms with Gasteiger partial charge in [0.2, 0.25) is 5.52 Å². The molecule has 0 aliphatic carbocycles. The molecule has 1 saturated heterocycles. The van der Waals surface area contributed by atoms with Crippen LogP contribution in [-0.4, -0.2) is 72.9 Å². The third-order valence-electron chi connectivity index (χ3n) is 3.77. The Bertz CT molecular complexity index is 752. The Morgan fingerprint density at radius 2 is 1.83 bits per heavy atom. The summed E-state index contributed by atoms with van der Waals surface area (Å²) >= 11 is 0. The summed E-state index contributed by atoms with van der Waals surface area (Å²) < 4.78 is 9.54. The number of aromatic nitrogens is 2. The molecule has 1 aromatic carbocycles. The van der Waals surface area contributed by atoms with Crippen LogP contribution in [0.3, 0.4) is 0 Å². The molecule has 2 aromatic rings. The number of non-ortho nitro benzene ring substituents is 1. The summed E-state index contributed by atoms with van der Waals surface area (Å²) in [6, 6.07) is 2.59.